The van der Waals surface area contributed by atoms with Gasteiger partial charge < -0.3 is 9.84 Å². The summed E-state index contributed by atoms with van der Waals surface area (Å²) in [4.78, 5) is 12.1. The van der Waals surface area contributed by atoms with Gasteiger partial charge in [0.05, 0.1) is 0 Å². The maximum absolute atomic E-state index is 12.1. The Morgan fingerprint density at radius 1 is 1.14 bits per heavy atom. The number of esters is 1. The zero-order chi connectivity index (χ0) is 21.2. The highest BCUT2D eigenvalue weighted by Gasteiger charge is 2.29. The zero-order valence-corrected chi connectivity index (χ0v) is 18.1. The fraction of sp³-hybridized carbons (Fsp3) is 0.400. The lowest BCUT2D eigenvalue weighted by Gasteiger charge is -2.29. The summed E-state index contributed by atoms with van der Waals surface area (Å²) < 4.78 is 5.77. The van der Waals surface area contributed by atoms with Crippen LogP contribution in [0.3, 0.4) is 0 Å². The number of phenols is 1. The molecule has 0 saturated heterocycles. The van der Waals surface area contributed by atoms with E-state index in [4.69, 9.17) is 4.74 Å². The fourth-order valence-electron chi connectivity index (χ4n) is 3.56. The van der Waals surface area contributed by atoms with Gasteiger partial charge in [-0.05, 0) is 38.2 Å². The maximum Gasteiger partial charge on any atom is 0.335 e. The molecule has 0 bridgehead atoms. The lowest BCUT2D eigenvalue weighted by molar-refractivity contribution is -0.129. The number of carbonyl (C=O) groups is 1. The van der Waals surface area contributed by atoms with Crippen molar-refractivity contribution in [3.63, 3.8) is 0 Å². The molecule has 3 nitrogen and oxygen atoms in total. The van der Waals surface area contributed by atoms with Crippen LogP contribution in [-0.2, 0) is 10.2 Å². The van der Waals surface area contributed by atoms with Crippen LogP contribution in [0, 0.1) is 20.8 Å². The van der Waals surface area contributed by atoms with E-state index in [9.17, 15) is 9.90 Å². The molecule has 1 N–H and O–H groups in total. The van der Waals surface area contributed by atoms with Gasteiger partial charge >= 0.3 is 5.97 Å². The number of hydrogen-bond donors (Lipinski definition) is 1. The Morgan fingerprint density at radius 3 is 2.29 bits per heavy atom. The van der Waals surface area contributed by atoms with Gasteiger partial charge in [0.2, 0.25) is 0 Å². The molecule has 3 heteroatoms. The van der Waals surface area contributed by atoms with E-state index in [0.29, 0.717) is 5.75 Å². The molecule has 28 heavy (non-hydrogen) atoms. The van der Waals surface area contributed by atoms with Crippen molar-refractivity contribution in [1.82, 2.24) is 0 Å². The Labute approximate surface area is 169 Å². The van der Waals surface area contributed by atoms with Gasteiger partial charge in [-0.15, -0.1) is 0 Å². The Bertz CT molecular complexity index is 906. The minimum Gasteiger partial charge on any atom is -0.507 e. The van der Waals surface area contributed by atoms with Gasteiger partial charge in [-0.2, -0.15) is 0 Å². The molecule has 0 spiro atoms. The van der Waals surface area contributed by atoms with Gasteiger partial charge in [-0.3, -0.25) is 0 Å². The molecule has 0 aliphatic heterocycles. The largest absolute Gasteiger partial charge is 0.507 e. The molecule has 1 unspecified atom stereocenters. The van der Waals surface area contributed by atoms with Crippen LogP contribution in [0.5, 0.6) is 11.5 Å². The van der Waals surface area contributed by atoms with E-state index in [2.05, 4.69) is 33.4 Å². The maximum atomic E-state index is 12.1. The van der Waals surface area contributed by atoms with Crippen molar-refractivity contribution in [2.24, 2.45) is 0 Å². The molecule has 0 aliphatic rings. The third kappa shape index (κ3) is 4.30. The summed E-state index contributed by atoms with van der Waals surface area (Å²) in [7, 11) is 0. The molecule has 0 aliphatic carbocycles. The number of phenolic OH excluding ortho intramolecular Hbond substituents is 1. The summed E-state index contributed by atoms with van der Waals surface area (Å²) in [6, 6.07) is 8.10. The molecule has 2 aromatic carbocycles. The average Bonchev–Trinajstić information content (AvgIpc) is 2.64. The normalized spacial score (nSPS) is 12.5. The van der Waals surface area contributed by atoms with Gasteiger partial charge in [0.25, 0.3) is 0 Å². The van der Waals surface area contributed by atoms with E-state index in [1.54, 1.807) is 0 Å². The van der Waals surface area contributed by atoms with Crippen molar-refractivity contribution in [3.8, 4) is 11.5 Å². The number of aryl methyl sites for hydroxylation is 3. The van der Waals surface area contributed by atoms with E-state index in [0.717, 1.165) is 39.8 Å². The first-order chi connectivity index (χ1) is 13.0. The summed E-state index contributed by atoms with van der Waals surface area (Å²) in [6.07, 6.45) is 2.09. The minimum atomic E-state index is -0.477. The van der Waals surface area contributed by atoms with E-state index < -0.39 is 5.97 Å². The number of benzene rings is 2. The van der Waals surface area contributed by atoms with Crippen LogP contribution < -0.4 is 4.74 Å². The van der Waals surface area contributed by atoms with Crippen molar-refractivity contribution < 1.29 is 14.6 Å². The predicted molar refractivity (Wildman–Crippen MR) is 115 cm³/mol. The van der Waals surface area contributed by atoms with Gasteiger partial charge in [-0.1, -0.05) is 69.7 Å². The quantitative estimate of drug-likeness (QED) is 0.366. The second-order valence-electron chi connectivity index (χ2n) is 8.33. The molecule has 1 atom stereocenters. The lowest BCUT2D eigenvalue weighted by atomic mass is 9.78. The van der Waals surface area contributed by atoms with Crippen LogP contribution in [0.15, 0.2) is 36.9 Å². The first-order valence-electron chi connectivity index (χ1n) is 9.81. The zero-order valence-electron chi connectivity index (χ0n) is 18.1. The molecule has 0 heterocycles. The molecular weight excluding hydrogens is 348 g/mol. The minimum absolute atomic E-state index is 0.141. The third-order valence-corrected chi connectivity index (χ3v) is 5.65. The first-order valence-corrected chi connectivity index (χ1v) is 9.81. The average molecular weight is 381 g/mol. The highest BCUT2D eigenvalue weighted by Crippen LogP contribution is 2.44. The molecule has 2 aromatic rings. The monoisotopic (exact) mass is 380 g/mol. The third-order valence-electron chi connectivity index (χ3n) is 5.65. The van der Waals surface area contributed by atoms with Gasteiger partial charge in [0, 0.05) is 28.7 Å². The molecule has 2 rings (SSSR count). The standard InChI is InChI=1S/C25H32O3/c1-9-22(26)28-24-20(13-16(4)14-21(24)25(7,8)10-2)18(6)19-12-15(3)11-17(5)23(19)27/h9,11-14,18,27H,1,10H2,2-8H3. The smallest absolute Gasteiger partial charge is 0.335 e. The number of ether oxygens (including phenoxy) is 1. The number of carbonyl (C=O) groups excluding carboxylic acids is 1. The van der Waals surface area contributed by atoms with Crippen LogP contribution >= 0.6 is 0 Å². The van der Waals surface area contributed by atoms with E-state index in [1.165, 1.54) is 6.08 Å². The molecule has 0 radical (unpaired) electrons. The summed E-state index contributed by atoms with van der Waals surface area (Å²) in [6.45, 7) is 18.0. The molecule has 0 amide bonds. The van der Waals surface area contributed by atoms with E-state index in [-0.39, 0.29) is 17.1 Å². The van der Waals surface area contributed by atoms with Gasteiger partial charge in [-0.25, -0.2) is 4.79 Å². The van der Waals surface area contributed by atoms with E-state index in [1.807, 2.05) is 45.9 Å². The second kappa shape index (κ2) is 8.22. The summed E-state index contributed by atoms with van der Waals surface area (Å²) in [5, 5.41) is 10.7. The summed E-state index contributed by atoms with van der Waals surface area (Å²) >= 11 is 0. The second-order valence-corrected chi connectivity index (χ2v) is 8.33. The Kier molecular flexibility index (Phi) is 6.38. The molecule has 0 aromatic heterocycles. The van der Waals surface area contributed by atoms with Crippen LogP contribution in [0.4, 0.5) is 0 Å². The first kappa shape index (κ1) is 21.7. The molecule has 0 fully saturated rings. The van der Waals surface area contributed by atoms with Gasteiger partial charge in [0.1, 0.15) is 11.5 Å². The summed E-state index contributed by atoms with van der Waals surface area (Å²) in [5.74, 6) is 0.248. The van der Waals surface area contributed by atoms with Crippen molar-refractivity contribution in [2.75, 3.05) is 0 Å². The van der Waals surface area contributed by atoms with Crippen LogP contribution in [0.2, 0.25) is 0 Å². The number of aromatic hydroxyl groups is 1. The van der Waals surface area contributed by atoms with Crippen LogP contribution in [0.25, 0.3) is 0 Å². The molecule has 0 saturated carbocycles. The molecular formula is C25H32O3. The Hall–Kier alpha value is -2.55. The van der Waals surface area contributed by atoms with Crippen molar-refractivity contribution in [1.29, 1.82) is 0 Å². The SMILES string of the molecule is C=CC(=O)Oc1c(C(C)c2cc(C)cc(C)c2O)cc(C)cc1C(C)(C)CC. The predicted octanol–water partition coefficient (Wildman–Crippen LogP) is 6.25. The Balaban J connectivity index is 2.78. The van der Waals surface area contributed by atoms with Crippen molar-refractivity contribution in [2.45, 2.75) is 66.2 Å². The van der Waals surface area contributed by atoms with Crippen molar-refractivity contribution >= 4 is 5.97 Å². The van der Waals surface area contributed by atoms with Crippen molar-refractivity contribution in [3.05, 3.63) is 70.3 Å². The highest BCUT2D eigenvalue weighted by molar-refractivity contribution is 5.84. The topological polar surface area (TPSA) is 46.5 Å². The van der Waals surface area contributed by atoms with Crippen LogP contribution in [-0.4, -0.2) is 11.1 Å². The number of rotatable bonds is 6. The lowest BCUT2D eigenvalue weighted by Crippen LogP contribution is -2.20. The number of hydrogen-bond acceptors (Lipinski definition) is 3. The van der Waals surface area contributed by atoms with Crippen LogP contribution in [0.1, 0.15) is 73.4 Å². The van der Waals surface area contributed by atoms with Gasteiger partial charge in [0.15, 0.2) is 0 Å². The Morgan fingerprint density at radius 2 is 1.71 bits per heavy atom. The highest BCUT2D eigenvalue weighted by atomic mass is 16.5. The fourth-order valence-corrected chi connectivity index (χ4v) is 3.56. The van der Waals surface area contributed by atoms with E-state index >= 15 is 0 Å². The molecule has 150 valence electrons. The summed E-state index contributed by atoms with van der Waals surface area (Å²) in [5.41, 5.74) is 5.58.